The second kappa shape index (κ2) is 7.35. The fourth-order valence-corrected chi connectivity index (χ4v) is 3.26. The summed E-state index contributed by atoms with van der Waals surface area (Å²) in [5.41, 5.74) is 5.11. The second-order valence-electron chi connectivity index (χ2n) is 6.28. The molecule has 2 aromatic carbocycles. The van der Waals surface area contributed by atoms with Crippen LogP contribution in [-0.4, -0.2) is 26.5 Å². The number of fused-ring (bicyclic) bond motifs is 1. The number of nitrogens with zero attached hydrogens (tertiary/aromatic N) is 2. The van der Waals surface area contributed by atoms with Crippen molar-refractivity contribution in [3.05, 3.63) is 81.4 Å². The van der Waals surface area contributed by atoms with Crippen LogP contribution in [0, 0.1) is 18.8 Å². The van der Waals surface area contributed by atoms with Gasteiger partial charge in [-0.1, -0.05) is 35.6 Å². The maximum Gasteiger partial charge on any atom is 0.282 e. The number of aliphatic hydroxyl groups is 1. The molecule has 0 atom stereocenters. The molecule has 28 heavy (non-hydrogen) atoms. The van der Waals surface area contributed by atoms with E-state index in [-0.39, 0.29) is 12.2 Å². The fraction of sp³-hybridized carbons (Fsp3) is 0.0909. The highest BCUT2D eigenvalue weighted by Crippen LogP contribution is 2.32. The zero-order chi connectivity index (χ0) is 19.7. The monoisotopic (exact) mass is 389 g/mol. The molecule has 5 nitrogen and oxygen atoms in total. The van der Waals surface area contributed by atoms with Gasteiger partial charge in [0.25, 0.3) is 5.56 Å². The van der Waals surface area contributed by atoms with E-state index in [9.17, 15) is 4.79 Å². The van der Waals surface area contributed by atoms with Crippen molar-refractivity contribution in [1.29, 1.82) is 0 Å². The highest BCUT2D eigenvalue weighted by molar-refractivity contribution is 6.30. The summed E-state index contributed by atoms with van der Waals surface area (Å²) >= 11 is 5.95. The van der Waals surface area contributed by atoms with Crippen molar-refractivity contribution in [3.63, 3.8) is 0 Å². The van der Waals surface area contributed by atoms with E-state index in [1.54, 1.807) is 30.5 Å². The third-order valence-electron chi connectivity index (χ3n) is 4.48. The molecule has 0 aliphatic carbocycles. The van der Waals surface area contributed by atoms with E-state index in [0.29, 0.717) is 22.0 Å². The van der Waals surface area contributed by atoms with Crippen LogP contribution in [-0.2, 0) is 0 Å². The first-order valence-corrected chi connectivity index (χ1v) is 9.03. The van der Waals surface area contributed by atoms with E-state index in [0.717, 1.165) is 22.4 Å². The van der Waals surface area contributed by atoms with Crippen LogP contribution in [0.2, 0.25) is 5.02 Å². The Bertz CT molecular complexity index is 1230. The third-order valence-corrected chi connectivity index (χ3v) is 4.73. The smallest absolute Gasteiger partial charge is 0.282 e. The van der Waals surface area contributed by atoms with E-state index in [1.807, 2.05) is 31.2 Å². The SMILES string of the molecule is Cc1[nH]cc2c(=O)n(-c3ccc(Cl)cc3)nc-2c1-c1ccc(C#CCO)cc1. The van der Waals surface area contributed by atoms with E-state index in [2.05, 4.69) is 21.9 Å². The number of hydrogen-bond donors (Lipinski definition) is 2. The van der Waals surface area contributed by atoms with Crippen LogP contribution in [0.15, 0.2) is 59.5 Å². The zero-order valence-electron chi connectivity index (χ0n) is 15.0. The van der Waals surface area contributed by atoms with Crippen LogP contribution in [0.5, 0.6) is 0 Å². The predicted molar refractivity (Wildman–Crippen MR) is 110 cm³/mol. The Morgan fingerprint density at radius 3 is 2.54 bits per heavy atom. The van der Waals surface area contributed by atoms with Crippen molar-refractivity contribution >= 4 is 11.6 Å². The number of H-pyrrole nitrogens is 1. The molecule has 0 saturated carbocycles. The highest BCUT2D eigenvalue weighted by atomic mass is 35.5. The van der Waals surface area contributed by atoms with Crippen LogP contribution >= 0.6 is 11.6 Å². The fourth-order valence-electron chi connectivity index (χ4n) is 3.13. The highest BCUT2D eigenvalue weighted by Gasteiger charge is 2.22. The van der Waals surface area contributed by atoms with Gasteiger partial charge in [-0.2, -0.15) is 9.78 Å². The van der Waals surface area contributed by atoms with Crippen molar-refractivity contribution in [3.8, 4) is 39.9 Å². The number of benzene rings is 2. The summed E-state index contributed by atoms with van der Waals surface area (Å²) in [5, 5.41) is 14.0. The molecule has 0 radical (unpaired) electrons. The molecule has 2 aliphatic rings. The van der Waals surface area contributed by atoms with E-state index >= 15 is 0 Å². The molecule has 0 unspecified atom stereocenters. The maximum absolute atomic E-state index is 12.9. The number of aliphatic hydroxyl groups excluding tert-OH is 1. The third kappa shape index (κ3) is 3.20. The van der Waals surface area contributed by atoms with E-state index < -0.39 is 0 Å². The normalized spacial score (nSPS) is 10.7. The lowest BCUT2D eigenvalue weighted by molar-refractivity contribution is 0.350. The Morgan fingerprint density at radius 2 is 1.86 bits per heavy atom. The van der Waals surface area contributed by atoms with Crippen LogP contribution < -0.4 is 5.56 Å². The zero-order valence-corrected chi connectivity index (χ0v) is 15.8. The number of pyridine rings is 1. The Labute approximate surface area is 166 Å². The minimum atomic E-state index is -0.194. The molecule has 0 saturated heterocycles. The van der Waals surface area contributed by atoms with Gasteiger partial charge in [0.2, 0.25) is 0 Å². The van der Waals surface area contributed by atoms with Gasteiger partial charge in [0.1, 0.15) is 12.3 Å². The number of aromatic amines is 1. The molecule has 0 aromatic heterocycles. The Hall–Kier alpha value is -3.33. The Morgan fingerprint density at radius 1 is 1.14 bits per heavy atom. The molecule has 0 amide bonds. The molecule has 2 aromatic rings. The molecule has 2 aliphatic heterocycles. The van der Waals surface area contributed by atoms with Crippen molar-refractivity contribution in [1.82, 2.24) is 14.8 Å². The number of aromatic nitrogens is 3. The molecule has 2 heterocycles. The summed E-state index contributed by atoms with van der Waals surface area (Å²) in [6, 6.07) is 14.6. The number of nitrogens with one attached hydrogen (secondary N) is 1. The lowest BCUT2D eigenvalue weighted by Gasteiger charge is -2.10. The van der Waals surface area contributed by atoms with Crippen molar-refractivity contribution in [2.24, 2.45) is 0 Å². The number of aryl methyl sites for hydroxylation is 1. The van der Waals surface area contributed by atoms with Crippen LogP contribution in [0.1, 0.15) is 11.3 Å². The molecule has 0 bridgehead atoms. The topological polar surface area (TPSA) is 70.9 Å². The van der Waals surface area contributed by atoms with Crippen LogP contribution in [0.4, 0.5) is 0 Å². The van der Waals surface area contributed by atoms with Gasteiger partial charge >= 0.3 is 0 Å². The van der Waals surface area contributed by atoms with E-state index in [1.165, 1.54) is 4.68 Å². The summed E-state index contributed by atoms with van der Waals surface area (Å²) in [5.74, 6) is 5.51. The minimum absolute atomic E-state index is 0.177. The molecular formula is C22H16ClN3O2. The van der Waals surface area contributed by atoms with Crippen LogP contribution in [0.25, 0.3) is 28.1 Å². The van der Waals surface area contributed by atoms with E-state index in [4.69, 9.17) is 16.7 Å². The lowest BCUT2D eigenvalue weighted by Crippen LogP contribution is -2.14. The predicted octanol–water partition coefficient (Wildman–Crippen LogP) is 3.64. The lowest BCUT2D eigenvalue weighted by atomic mass is 9.98. The van der Waals surface area contributed by atoms with Crippen molar-refractivity contribution in [2.75, 3.05) is 6.61 Å². The van der Waals surface area contributed by atoms with Crippen molar-refractivity contribution < 1.29 is 5.11 Å². The van der Waals surface area contributed by atoms with Gasteiger partial charge in [0, 0.05) is 28.0 Å². The van der Waals surface area contributed by atoms with Gasteiger partial charge in [-0.3, -0.25) is 4.79 Å². The van der Waals surface area contributed by atoms with Gasteiger partial charge in [-0.25, -0.2) is 0 Å². The van der Waals surface area contributed by atoms with Gasteiger partial charge in [0.05, 0.1) is 11.3 Å². The molecule has 138 valence electrons. The summed E-state index contributed by atoms with van der Waals surface area (Å²) in [6.07, 6.45) is 1.69. The quantitative estimate of drug-likeness (QED) is 0.514. The first kappa shape index (κ1) is 18.1. The summed E-state index contributed by atoms with van der Waals surface area (Å²) in [7, 11) is 0. The van der Waals surface area contributed by atoms with Gasteiger partial charge in [-0.05, 0) is 48.9 Å². The first-order valence-electron chi connectivity index (χ1n) is 8.65. The van der Waals surface area contributed by atoms with Gasteiger partial charge in [0.15, 0.2) is 0 Å². The van der Waals surface area contributed by atoms with Crippen LogP contribution in [0.3, 0.4) is 0 Å². The average Bonchev–Trinajstić information content (AvgIpc) is 3.04. The number of hydrogen-bond acceptors (Lipinski definition) is 3. The molecule has 2 N–H and O–H groups in total. The standard InChI is InChI=1S/C22H16ClN3O2/c1-14-20(16-6-4-15(5-7-16)3-2-12-27)21-19(13-24-14)22(28)26(25-21)18-10-8-17(23)9-11-18/h4-11,13,24,27H,12H2,1H3. The molecule has 6 heteroatoms. The molecular weight excluding hydrogens is 374 g/mol. The molecule has 0 spiro atoms. The van der Waals surface area contributed by atoms with Crippen molar-refractivity contribution in [2.45, 2.75) is 6.92 Å². The summed E-state index contributed by atoms with van der Waals surface area (Å²) < 4.78 is 1.39. The number of rotatable bonds is 2. The maximum atomic E-state index is 12.9. The van der Waals surface area contributed by atoms with Gasteiger partial charge < -0.3 is 10.1 Å². The number of halogens is 1. The second-order valence-corrected chi connectivity index (χ2v) is 6.72. The summed E-state index contributed by atoms with van der Waals surface area (Å²) in [4.78, 5) is 16.1. The van der Waals surface area contributed by atoms with Gasteiger partial charge in [-0.15, -0.1) is 0 Å². The first-order chi connectivity index (χ1) is 13.6. The molecule has 4 rings (SSSR count). The molecule has 0 fully saturated rings. The largest absolute Gasteiger partial charge is 0.384 e. The average molecular weight is 390 g/mol. The summed E-state index contributed by atoms with van der Waals surface area (Å²) in [6.45, 7) is 1.77. The Balaban J connectivity index is 1.87. The Kier molecular flexibility index (Phi) is 4.74. The minimum Gasteiger partial charge on any atom is -0.384 e.